The van der Waals surface area contributed by atoms with Crippen LogP contribution >= 0.6 is 0 Å². The van der Waals surface area contributed by atoms with E-state index in [-0.39, 0.29) is 11.5 Å². The highest BCUT2D eigenvalue weighted by molar-refractivity contribution is 5.93. The summed E-state index contributed by atoms with van der Waals surface area (Å²) >= 11 is 0. The second-order valence-corrected chi connectivity index (χ2v) is 10.0. The van der Waals surface area contributed by atoms with Crippen molar-refractivity contribution in [2.45, 2.75) is 58.7 Å². The van der Waals surface area contributed by atoms with Crippen molar-refractivity contribution >= 4 is 17.0 Å². The minimum absolute atomic E-state index is 0.177. The Hall–Kier alpha value is -2.83. The maximum Gasteiger partial charge on any atom is 0.416 e. The highest BCUT2D eigenvalue weighted by Crippen LogP contribution is 2.45. The van der Waals surface area contributed by atoms with Gasteiger partial charge in [-0.05, 0) is 66.5 Å². The summed E-state index contributed by atoms with van der Waals surface area (Å²) in [5.74, 6) is 0.911. The van der Waals surface area contributed by atoms with Gasteiger partial charge in [0.15, 0.2) is 0 Å². The van der Waals surface area contributed by atoms with Crippen LogP contribution in [0.2, 0.25) is 0 Å². The average Bonchev–Trinajstić information content (AvgIpc) is 3.08. The molecule has 176 valence electrons. The van der Waals surface area contributed by atoms with Crippen LogP contribution in [0, 0.1) is 11.3 Å². The first kappa shape index (κ1) is 23.3. The molecule has 0 bridgehead atoms. The zero-order valence-corrected chi connectivity index (χ0v) is 19.4. The third kappa shape index (κ3) is 4.92. The molecule has 0 saturated heterocycles. The predicted octanol–water partition coefficient (Wildman–Crippen LogP) is 6.82. The van der Waals surface area contributed by atoms with E-state index in [0.717, 1.165) is 48.3 Å². The lowest BCUT2D eigenvalue weighted by atomic mass is 9.70. The van der Waals surface area contributed by atoms with E-state index in [2.05, 4.69) is 25.3 Å². The van der Waals surface area contributed by atoms with Gasteiger partial charge in [0, 0.05) is 12.5 Å². The maximum absolute atomic E-state index is 13.0. The third-order valence-corrected chi connectivity index (χ3v) is 6.56. The first-order valence-corrected chi connectivity index (χ1v) is 11.2. The standard InChI is InChI=1S/C26H29F3N2O2/c1-16-11-20(15-25(2,3)14-16)31-22-10-7-18(24(32)33-4)13-21(22)30-23(31)12-17-5-8-19(9-6-17)26(27,28)29/h5-10,13,16,20H,11-12,14-15H2,1-4H3/t16-,20?/m0/s1. The second kappa shape index (κ2) is 8.50. The van der Waals surface area contributed by atoms with E-state index in [0.29, 0.717) is 23.4 Å². The lowest BCUT2D eigenvalue weighted by Crippen LogP contribution is -2.30. The van der Waals surface area contributed by atoms with Gasteiger partial charge in [-0.25, -0.2) is 9.78 Å². The van der Waals surface area contributed by atoms with E-state index in [1.165, 1.54) is 19.2 Å². The van der Waals surface area contributed by atoms with Gasteiger partial charge in [-0.2, -0.15) is 13.2 Å². The molecule has 7 heteroatoms. The number of fused-ring (bicyclic) bond motifs is 1. The summed E-state index contributed by atoms with van der Waals surface area (Å²) in [6.07, 6.45) is -0.808. The van der Waals surface area contributed by atoms with Crippen molar-refractivity contribution in [3.63, 3.8) is 0 Å². The molecular weight excluding hydrogens is 429 g/mol. The Morgan fingerprint density at radius 2 is 1.85 bits per heavy atom. The highest BCUT2D eigenvalue weighted by atomic mass is 19.4. The van der Waals surface area contributed by atoms with Crippen LogP contribution in [-0.2, 0) is 17.3 Å². The first-order valence-electron chi connectivity index (χ1n) is 11.2. The highest BCUT2D eigenvalue weighted by Gasteiger charge is 2.35. The number of rotatable bonds is 4. The van der Waals surface area contributed by atoms with Gasteiger partial charge in [0.2, 0.25) is 0 Å². The van der Waals surface area contributed by atoms with Gasteiger partial charge in [0.1, 0.15) is 5.82 Å². The van der Waals surface area contributed by atoms with Gasteiger partial charge in [-0.1, -0.05) is 32.9 Å². The van der Waals surface area contributed by atoms with Crippen molar-refractivity contribution in [1.82, 2.24) is 9.55 Å². The van der Waals surface area contributed by atoms with Crippen molar-refractivity contribution in [1.29, 1.82) is 0 Å². The zero-order chi connectivity index (χ0) is 24.0. The van der Waals surface area contributed by atoms with Crippen LogP contribution in [0.25, 0.3) is 11.0 Å². The molecular formula is C26H29F3N2O2. The molecule has 1 aromatic heterocycles. The number of esters is 1. The molecule has 1 saturated carbocycles. The number of halogens is 3. The van der Waals surface area contributed by atoms with Gasteiger partial charge >= 0.3 is 12.1 Å². The number of hydrogen-bond donors (Lipinski definition) is 0. The quantitative estimate of drug-likeness (QED) is 0.403. The Balaban J connectivity index is 1.78. The summed E-state index contributed by atoms with van der Waals surface area (Å²) in [4.78, 5) is 16.9. The van der Waals surface area contributed by atoms with E-state index < -0.39 is 17.7 Å². The third-order valence-electron chi connectivity index (χ3n) is 6.56. The minimum Gasteiger partial charge on any atom is -0.465 e. The van der Waals surface area contributed by atoms with Gasteiger partial charge < -0.3 is 9.30 Å². The number of aromatic nitrogens is 2. The predicted molar refractivity (Wildman–Crippen MR) is 121 cm³/mol. The van der Waals surface area contributed by atoms with Crippen LogP contribution in [0.1, 0.15) is 73.4 Å². The van der Waals surface area contributed by atoms with E-state index in [1.807, 2.05) is 6.07 Å². The molecule has 0 aliphatic heterocycles. The fourth-order valence-electron chi connectivity index (χ4n) is 5.41. The molecule has 2 aromatic carbocycles. The molecule has 0 N–H and O–H groups in total. The van der Waals surface area contributed by atoms with E-state index in [1.54, 1.807) is 12.1 Å². The van der Waals surface area contributed by atoms with Gasteiger partial charge in [0.05, 0.1) is 29.3 Å². The molecule has 1 aliphatic rings. The SMILES string of the molecule is COC(=O)c1ccc2c(c1)nc(Cc1ccc(C(F)(F)F)cc1)n2C1C[C@H](C)CC(C)(C)C1. The first-order chi connectivity index (χ1) is 15.5. The maximum atomic E-state index is 13.0. The number of methoxy groups -OCH3 is 1. The number of imidazole rings is 1. The smallest absolute Gasteiger partial charge is 0.416 e. The number of alkyl halides is 3. The molecule has 0 amide bonds. The molecule has 0 spiro atoms. The number of carbonyl (C=O) groups is 1. The van der Waals surface area contributed by atoms with Crippen LogP contribution in [0.4, 0.5) is 13.2 Å². The summed E-state index contributed by atoms with van der Waals surface area (Å²) in [6, 6.07) is 10.8. The molecule has 1 fully saturated rings. The summed E-state index contributed by atoms with van der Waals surface area (Å²) in [7, 11) is 1.34. The summed E-state index contributed by atoms with van der Waals surface area (Å²) in [5.41, 5.74) is 2.32. The topological polar surface area (TPSA) is 44.1 Å². The average molecular weight is 459 g/mol. The lowest BCUT2D eigenvalue weighted by molar-refractivity contribution is -0.137. The zero-order valence-electron chi connectivity index (χ0n) is 19.4. The summed E-state index contributed by atoms with van der Waals surface area (Å²) in [5, 5.41) is 0. The number of nitrogens with zero attached hydrogens (tertiary/aromatic N) is 2. The number of ether oxygens (including phenoxy) is 1. The van der Waals surface area contributed by atoms with Crippen molar-refractivity contribution in [3.05, 3.63) is 65.0 Å². The fraction of sp³-hybridized carbons (Fsp3) is 0.462. The van der Waals surface area contributed by atoms with E-state index in [9.17, 15) is 18.0 Å². The Morgan fingerprint density at radius 3 is 2.45 bits per heavy atom. The van der Waals surface area contributed by atoms with Crippen molar-refractivity contribution in [2.75, 3.05) is 7.11 Å². The van der Waals surface area contributed by atoms with Crippen molar-refractivity contribution < 1.29 is 22.7 Å². The van der Waals surface area contributed by atoms with Crippen molar-refractivity contribution in [3.8, 4) is 0 Å². The monoisotopic (exact) mass is 458 g/mol. The molecule has 2 atom stereocenters. The Labute approximate surface area is 191 Å². The molecule has 1 heterocycles. The Bertz CT molecular complexity index is 1160. The number of hydrogen-bond acceptors (Lipinski definition) is 3. The second-order valence-electron chi connectivity index (χ2n) is 10.0. The number of carbonyl (C=O) groups excluding carboxylic acids is 1. The van der Waals surface area contributed by atoms with E-state index >= 15 is 0 Å². The van der Waals surface area contributed by atoms with Crippen LogP contribution in [0.15, 0.2) is 42.5 Å². The molecule has 1 unspecified atom stereocenters. The molecule has 4 nitrogen and oxygen atoms in total. The minimum atomic E-state index is -4.36. The fourth-order valence-corrected chi connectivity index (χ4v) is 5.41. The van der Waals surface area contributed by atoms with Crippen LogP contribution in [0.3, 0.4) is 0 Å². The molecule has 3 aromatic rings. The summed E-state index contributed by atoms with van der Waals surface area (Å²) in [6.45, 7) is 6.82. The lowest BCUT2D eigenvalue weighted by Gasteiger charge is -2.40. The van der Waals surface area contributed by atoms with E-state index in [4.69, 9.17) is 9.72 Å². The number of benzene rings is 2. The van der Waals surface area contributed by atoms with Crippen LogP contribution in [-0.4, -0.2) is 22.6 Å². The molecule has 33 heavy (non-hydrogen) atoms. The van der Waals surface area contributed by atoms with Gasteiger partial charge in [0.25, 0.3) is 0 Å². The largest absolute Gasteiger partial charge is 0.465 e. The van der Waals surface area contributed by atoms with Gasteiger partial charge in [-0.15, -0.1) is 0 Å². The van der Waals surface area contributed by atoms with Crippen molar-refractivity contribution in [2.24, 2.45) is 11.3 Å². The summed E-state index contributed by atoms with van der Waals surface area (Å²) < 4.78 is 46.0. The molecule has 0 radical (unpaired) electrons. The Morgan fingerprint density at radius 1 is 1.15 bits per heavy atom. The molecule has 4 rings (SSSR count). The van der Waals surface area contributed by atoms with Crippen LogP contribution in [0.5, 0.6) is 0 Å². The Kier molecular flexibility index (Phi) is 6.01. The molecule has 1 aliphatic carbocycles. The van der Waals surface area contributed by atoms with Crippen LogP contribution < -0.4 is 0 Å². The van der Waals surface area contributed by atoms with Gasteiger partial charge in [-0.3, -0.25) is 0 Å². The normalized spacial score (nSPS) is 20.7.